The normalized spacial score (nSPS) is 13.8. The third-order valence-electron chi connectivity index (χ3n) is 16.4. The van der Waals surface area contributed by atoms with Crippen molar-refractivity contribution in [1.82, 2.24) is 0 Å². The number of aryl methyl sites for hydroxylation is 2. The molecule has 0 radical (unpaired) electrons. The fourth-order valence-corrected chi connectivity index (χ4v) is 11.8. The minimum absolute atomic E-state index is 0.0118. The molecule has 10 rings (SSSR count). The Morgan fingerprint density at radius 2 is 1.04 bits per heavy atom. The minimum Gasteiger partial charge on any atom is -0.457 e. The molecule has 0 bridgehead atoms. The molecule has 0 atom stereocenters. The summed E-state index contributed by atoms with van der Waals surface area (Å²) in [7, 11) is 0. The summed E-state index contributed by atoms with van der Waals surface area (Å²) in [4.78, 5) is 7.54. The molecule has 0 saturated carbocycles. The Balaban J connectivity index is 1.26. The second-order valence-electron chi connectivity index (χ2n) is 26.5. The van der Waals surface area contributed by atoms with Gasteiger partial charge in [0.15, 0.2) is 0 Å². The lowest BCUT2D eigenvalue weighted by atomic mass is 9.33. The van der Waals surface area contributed by atoms with Crippen LogP contribution in [0.2, 0.25) is 0 Å². The highest BCUT2D eigenvalue weighted by atomic mass is 16.5. The lowest BCUT2D eigenvalue weighted by molar-refractivity contribution is 0.438. The molecule has 0 amide bonds. The lowest BCUT2D eigenvalue weighted by Gasteiger charge is -2.45. The predicted octanol–water partition coefficient (Wildman–Crippen LogP) is 19.4. The van der Waals surface area contributed by atoms with Crippen LogP contribution in [0.3, 0.4) is 0 Å². The van der Waals surface area contributed by atoms with Gasteiger partial charge in [0.1, 0.15) is 11.5 Å². The fraction of sp³-hybridized carbons (Fsp3) is 0.280. The van der Waals surface area contributed by atoms with E-state index in [1.807, 2.05) is 12.1 Å². The molecule has 80 heavy (non-hydrogen) atoms. The Bertz CT molecular complexity index is 3640. The molecule has 406 valence electrons. The van der Waals surface area contributed by atoms with Crippen LogP contribution in [-0.2, 0) is 21.7 Å². The average Bonchev–Trinajstić information content (AvgIpc) is 2.95. The maximum Gasteiger partial charge on any atom is 0.252 e. The summed E-state index contributed by atoms with van der Waals surface area (Å²) >= 11 is 0. The van der Waals surface area contributed by atoms with Gasteiger partial charge < -0.3 is 19.4 Å². The summed E-state index contributed by atoms with van der Waals surface area (Å²) in [5.74, 6) is 1.69. The summed E-state index contributed by atoms with van der Waals surface area (Å²) in [6, 6.07) is 64.5. The maximum absolute atomic E-state index is 7.00. The molecule has 2 aliphatic rings. The van der Waals surface area contributed by atoms with Gasteiger partial charge in [-0.05, 0) is 202 Å². The monoisotopic (exact) mass is 1050 g/mol. The van der Waals surface area contributed by atoms with Gasteiger partial charge in [-0.15, -0.1) is 6.58 Å². The summed E-state index contributed by atoms with van der Waals surface area (Å²) in [6.07, 6.45) is 4.86. The number of nitrogens with zero attached hydrogens (tertiary/aromatic N) is 3. The third-order valence-corrected chi connectivity index (χ3v) is 16.4. The van der Waals surface area contributed by atoms with Crippen LogP contribution in [-0.4, -0.2) is 6.71 Å². The van der Waals surface area contributed by atoms with Crippen molar-refractivity contribution in [3.8, 4) is 5.75 Å². The zero-order chi connectivity index (χ0) is 57.2. The highest BCUT2D eigenvalue weighted by molar-refractivity contribution is 7.00. The van der Waals surface area contributed by atoms with Crippen LogP contribution in [0, 0.1) is 13.8 Å². The van der Waals surface area contributed by atoms with Crippen LogP contribution in [0.15, 0.2) is 200 Å². The first-order valence-electron chi connectivity index (χ1n) is 28.8. The van der Waals surface area contributed by atoms with E-state index >= 15 is 0 Å². The van der Waals surface area contributed by atoms with Crippen molar-refractivity contribution in [3.05, 3.63) is 239 Å². The average molecular weight is 1050 g/mol. The Labute approximate surface area is 480 Å². The molecule has 2 heterocycles. The summed E-state index contributed by atoms with van der Waals surface area (Å²) < 4.78 is 7.00. The van der Waals surface area contributed by atoms with Gasteiger partial charge in [-0.2, -0.15) is 0 Å². The van der Waals surface area contributed by atoms with Gasteiger partial charge in [-0.25, -0.2) is 0 Å². The third kappa shape index (κ3) is 10.6. The number of rotatable bonds is 11. The number of hydrogen-bond donors (Lipinski definition) is 0. The molecule has 0 unspecified atom stereocenters. The van der Waals surface area contributed by atoms with Crippen molar-refractivity contribution in [2.24, 2.45) is 0 Å². The standard InChI is InChI=1S/C75H82BN3O/c1-18-23-51(5)71(80-69-27-21-20-24-50(69)4)62(19-2)52-25-22-26-60(46-52)79-66-48-61(77(57-35-28-53(29-36-57)72(6,7)8)58-37-30-54(31-38-58)73(9,10)11)41-42-63(66)76-64-47-56(75(15,16)17)34-43-65(64)78(67-44-49(3)45-68(79)70(67)76)59-39-32-55(33-40-59)74(12,13)14/h18-22,24-48H,1,23H2,2-17H3/b62-19-,71-51+. The topological polar surface area (TPSA) is 19.0 Å². The first-order valence-corrected chi connectivity index (χ1v) is 28.8. The van der Waals surface area contributed by atoms with Crippen LogP contribution in [0.4, 0.5) is 51.2 Å². The van der Waals surface area contributed by atoms with Crippen molar-refractivity contribution >= 4 is 79.9 Å². The van der Waals surface area contributed by atoms with Crippen LogP contribution in [0.1, 0.15) is 142 Å². The molecule has 0 saturated heterocycles. The van der Waals surface area contributed by atoms with Crippen molar-refractivity contribution in [3.63, 3.8) is 0 Å². The molecular weight excluding hydrogens is 970 g/mol. The summed E-state index contributed by atoms with van der Waals surface area (Å²) in [5.41, 5.74) is 24.8. The largest absolute Gasteiger partial charge is 0.457 e. The first kappa shape index (κ1) is 55.6. The molecule has 2 aliphatic heterocycles. The van der Waals surface area contributed by atoms with E-state index < -0.39 is 0 Å². The van der Waals surface area contributed by atoms with E-state index in [9.17, 15) is 0 Å². The van der Waals surface area contributed by atoms with E-state index in [1.54, 1.807) is 0 Å². The zero-order valence-electron chi connectivity index (χ0n) is 50.6. The summed E-state index contributed by atoms with van der Waals surface area (Å²) in [5, 5.41) is 0. The number of hydrogen-bond acceptors (Lipinski definition) is 4. The van der Waals surface area contributed by atoms with E-state index in [0.29, 0.717) is 6.42 Å². The highest BCUT2D eigenvalue weighted by Crippen LogP contribution is 2.48. The molecule has 0 fully saturated rings. The molecule has 0 spiro atoms. The van der Waals surface area contributed by atoms with Gasteiger partial charge in [-0.1, -0.05) is 180 Å². The van der Waals surface area contributed by atoms with Crippen LogP contribution >= 0.6 is 0 Å². The first-order chi connectivity index (χ1) is 37.8. The molecule has 8 aromatic rings. The van der Waals surface area contributed by atoms with Gasteiger partial charge in [0, 0.05) is 56.8 Å². The van der Waals surface area contributed by atoms with Crippen LogP contribution in [0.25, 0.3) is 5.57 Å². The molecule has 0 aromatic heterocycles. The van der Waals surface area contributed by atoms with Gasteiger partial charge >= 0.3 is 0 Å². The van der Waals surface area contributed by atoms with E-state index in [2.05, 4.69) is 302 Å². The number of ether oxygens (including phenoxy) is 1. The predicted molar refractivity (Wildman–Crippen MR) is 348 cm³/mol. The number of benzene rings is 8. The molecule has 0 N–H and O–H groups in total. The van der Waals surface area contributed by atoms with Crippen molar-refractivity contribution in [1.29, 1.82) is 0 Å². The Morgan fingerprint density at radius 3 is 1.57 bits per heavy atom. The molecule has 4 nitrogen and oxygen atoms in total. The van der Waals surface area contributed by atoms with Gasteiger partial charge in [0.2, 0.25) is 0 Å². The second kappa shape index (κ2) is 21.0. The van der Waals surface area contributed by atoms with Gasteiger partial charge in [-0.3, -0.25) is 0 Å². The molecule has 0 aliphatic carbocycles. The Morgan fingerprint density at radius 1 is 0.512 bits per heavy atom. The highest BCUT2D eigenvalue weighted by Gasteiger charge is 2.44. The SMILES string of the molecule is C=CC/C(C)=C(Oc1ccccc1C)\C(=C/C)c1cccc(N2c3cc(N(c4ccc(C(C)(C)C)cc4)c4ccc(C(C)(C)C)cc4)ccc3B3c4cc(C(C)(C)C)ccc4N(c4ccc(C(C)(C)C)cc4)c4cc(C)cc2c43)c1. The van der Waals surface area contributed by atoms with Gasteiger partial charge in [0.25, 0.3) is 6.71 Å². The fourth-order valence-electron chi connectivity index (χ4n) is 11.8. The number of allylic oxidation sites excluding steroid dienone is 4. The molecule has 8 aromatic carbocycles. The van der Waals surface area contributed by atoms with Crippen molar-refractivity contribution in [2.45, 2.75) is 139 Å². The quantitative estimate of drug-likeness (QED) is 0.0556. The van der Waals surface area contributed by atoms with E-state index in [0.717, 1.165) is 67.9 Å². The number of para-hydroxylation sites is 1. The minimum atomic E-state index is -0.0746. The van der Waals surface area contributed by atoms with Crippen molar-refractivity contribution < 1.29 is 4.74 Å². The smallest absolute Gasteiger partial charge is 0.252 e. The number of anilines is 9. The summed E-state index contributed by atoms with van der Waals surface area (Å²) in [6.45, 7) is 40.3. The van der Waals surface area contributed by atoms with Crippen LogP contribution in [0.5, 0.6) is 5.75 Å². The molecular formula is C75H82BN3O. The number of fused-ring (bicyclic) bond motifs is 4. The van der Waals surface area contributed by atoms with Crippen LogP contribution < -0.4 is 35.8 Å². The van der Waals surface area contributed by atoms with E-state index in [4.69, 9.17) is 4.74 Å². The Kier molecular flexibility index (Phi) is 14.6. The molecule has 5 heteroatoms. The lowest BCUT2D eigenvalue weighted by Crippen LogP contribution is -2.61. The second-order valence-corrected chi connectivity index (χ2v) is 26.5. The van der Waals surface area contributed by atoms with Gasteiger partial charge in [0.05, 0.1) is 0 Å². The van der Waals surface area contributed by atoms with Crippen molar-refractivity contribution in [2.75, 3.05) is 14.7 Å². The Hall–Kier alpha value is -7.76. The van der Waals surface area contributed by atoms with E-state index in [-0.39, 0.29) is 28.4 Å². The van der Waals surface area contributed by atoms with E-state index in [1.165, 1.54) is 61.3 Å². The maximum atomic E-state index is 7.00. The zero-order valence-corrected chi connectivity index (χ0v) is 50.6.